The van der Waals surface area contributed by atoms with Crippen LogP contribution in [0.4, 0.5) is 4.79 Å². The summed E-state index contributed by atoms with van der Waals surface area (Å²) in [5, 5.41) is 4.95. The van der Waals surface area contributed by atoms with Gasteiger partial charge in [-0.15, -0.1) is 0 Å². The molecule has 0 aromatic rings. The normalized spacial score (nSPS) is 16.2. The van der Waals surface area contributed by atoms with Crippen LogP contribution in [0, 0.1) is 0 Å². The minimum absolute atomic E-state index is 0.0205. The summed E-state index contributed by atoms with van der Waals surface area (Å²) in [6.45, 7) is 2.31. The Morgan fingerprint density at radius 2 is 2.00 bits per heavy atom. The third-order valence-electron chi connectivity index (χ3n) is 1.98. The number of nitrogens with zero attached hydrogens (tertiary/aromatic N) is 1. The fraction of sp³-hybridized carbons (Fsp3) is 0.750. The van der Waals surface area contributed by atoms with Crippen LogP contribution < -0.4 is 10.6 Å². The first kappa shape index (κ1) is 10.8. The summed E-state index contributed by atoms with van der Waals surface area (Å²) < 4.78 is 5.10. The van der Waals surface area contributed by atoms with Gasteiger partial charge in [0.2, 0.25) is 5.91 Å². The maximum absolute atomic E-state index is 11.4. The zero-order valence-corrected chi connectivity index (χ0v) is 8.21. The van der Waals surface area contributed by atoms with Crippen molar-refractivity contribution in [2.45, 2.75) is 0 Å². The summed E-state index contributed by atoms with van der Waals surface area (Å²) in [7, 11) is 1.53. The predicted molar refractivity (Wildman–Crippen MR) is 49.9 cm³/mol. The van der Waals surface area contributed by atoms with Crippen molar-refractivity contribution in [3.63, 3.8) is 0 Å². The fourth-order valence-electron chi connectivity index (χ4n) is 1.12. The number of hydrogen-bond donors (Lipinski definition) is 2. The first-order valence-corrected chi connectivity index (χ1v) is 4.55. The summed E-state index contributed by atoms with van der Waals surface area (Å²) in [5.41, 5.74) is 0. The Morgan fingerprint density at radius 3 is 2.57 bits per heavy atom. The highest BCUT2D eigenvalue weighted by Crippen LogP contribution is 1.96. The highest BCUT2D eigenvalue weighted by molar-refractivity contribution is 5.83. The summed E-state index contributed by atoms with van der Waals surface area (Å²) >= 11 is 0. The molecule has 1 aliphatic rings. The van der Waals surface area contributed by atoms with Crippen LogP contribution >= 0.6 is 0 Å². The van der Waals surface area contributed by atoms with E-state index in [2.05, 4.69) is 10.6 Å². The second-order valence-corrected chi connectivity index (χ2v) is 2.93. The molecule has 1 rings (SSSR count). The third kappa shape index (κ3) is 3.21. The molecule has 0 saturated carbocycles. The topological polar surface area (TPSA) is 70.7 Å². The molecule has 0 aromatic heterocycles. The highest BCUT2D eigenvalue weighted by atomic mass is 16.5. The summed E-state index contributed by atoms with van der Waals surface area (Å²) in [6.07, 6.45) is 0. The standard InChI is InChI=1S/C8H15N3O3/c1-9-7(12)6-10-8(13)11-2-4-14-5-3-11/h2-6H2,1H3,(H,9,12)(H,10,13). The first-order chi connectivity index (χ1) is 6.74. The Labute approximate surface area is 82.6 Å². The molecule has 0 aliphatic carbocycles. The van der Waals surface area contributed by atoms with E-state index < -0.39 is 0 Å². The Morgan fingerprint density at radius 1 is 1.36 bits per heavy atom. The number of rotatable bonds is 2. The average Bonchev–Trinajstić information content (AvgIpc) is 2.26. The van der Waals surface area contributed by atoms with Gasteiger partial charge in [-0.05, 0) is 0 Å². The van der Waals surface area contributed by atoms with Crippen LogP contribution in [0.5, 0.6) is 0 Å². The van der Waals surface area contributed by atoms with E-state index in [1.807, 2.05) is 0 Å². The van der Waals surface area contributed by atoms with E-state index >= 15 is 0 Å². The maximum Gasteiger partial charge on any atom is 0.317 e. The second kappa shape index (κ2) is 5.43. The molecule has 1 aliphatic heterocycles. The lowest BCUT2D eigenvalue weighted by Gasteiger charge is -2.26. The van der Waals surface area contributed by atoms with E-state index in [0.717, 1.165) is 0 Å². The van der Waals surface area contributed by atoms with Crippen molar-refractivity contribution < 1.29 is 14.3 Å². The van der Waals surface area contributed by atoms with Crippen molar-refractivity contribution in [2.75, 3.05) is 39.9 Å². The molecule has 6 nitrogen and oxygen atoms in total. The zero-order chi connectivity index (χ0) is 10.4. The SMILES string of the molecule is CNC(=O)CNC(=O)N1CCOCC1. The van der Waals surface area contributed by atoms with Gasteiger partial charge in [-0.3, -0.25) is 4.79 Å². The second-order valence-electron chi connectivity index (χ2n) is 2.93. The van der Waals surface area contributed by atoms with Crippen LogP contribution in [0.2, 0.25) is 0 Å². The van der Waals surface area contributed by atoms with Gasteiger partial charge >= 0.3 is 6.03 Å². The predicted octanol–water partition coefficient (Wildman–Crippen LogP) is -1.23. The Bertz CT molecular complexity index is 214. The molecule has 0 radical (unpaired) electrons. The summed E-state index contributed by atoms with van der Waals surface area (Å²) in [4.78, 5) is 23.9. The molecule has 14 heavy (non-hydrogen) atoms. The first-order valence-electron chi connectivity index (χ1n) is 4.55. The van der Waals surface area contributed by atoms with Crippen molar-refractivity contribution in [1.82, 2.24) is 15.5 Å². The van der Waals surface area contributed by atoms with E-state index in [1.54, 1.807) is 4.90 Å². The molecule has 1 saturated heterocycles. The van der Waals surface area contributed by atoms with Gasteiger partial charge in [0, 0.05) is 20.1 Å². The number of carbonyl (C=O) groups is 2. The molecule has 1 fully saturated rings. The van der Waals surface area contributed by atoms with Crippen LogP contribution in [0.25, 0.3) is 0 Å². The van der Waals surface area contributed by atoms with Crippen LogP contribution in [0.3, 0.4) is 0 Å². The molecular formula is C8H15N3O3. The van der Waals surface area contributed by atoms with Crippen LogP contribution in [0.15, 0.2) is 0 Å². The van der Waals surface area contributed by atoms with Gasteiger partial charge < -0.3 is 20.3 Å². The van der Waals surface area contributed by atoms with Crippen molar-refractivity contribution in [2.24, 2.45) is 0 Å². The van der Waals surface area contributed by atoms with Gasteiger partial charge in [0.25, 0.3) is 0 Å². The number of carbonyl (C=O) groups excluding carboxylic acids is 2. The Hall–Kier alpha value is -1.30. The van der Waals surface area contributed by atoms with Gasteiger partial charge in [-0.1, -0.05) is 0 Å². The molecule has 2 N–H and O–H groups in total. The summed E-state index contributed by atoms with van der Waals surface area (Å²) in [5.74, 6) is -0.202. The molecule has 6 heteroatoms. The van der Waals surface area contributed by atoms with Gasteiger partial charge in [0.1, 0.15) is 0 Å². The lowest BCUT2D eigenvalue weighted by molar-refractivity contribution is -0.119. The minimum atomic E-state index is -0.211. The minimum Gasteiger partial charge on any atom is -0.378 e. The molecule has 0 bridgehead atoms. The molecular weight excluding hydrogens is 186 g/mol. The van der Waals surface area contributed by atoms with Gasteiger partial charge in [-0.2, -0.15) is 0 Å². The fourth-order valence-corrected chi connectivity index (χ4v) is 1.12. The van der Waals surface area contributed by atoms with E-state index in [-0.39, 0.29) is 18.5 Å². The molecule has 0 spiro atoms. The average molecular weight is 201 g/mol. The molecule has 0 atom stereocenters. The smallest absolute Gasteiger partial charge is 0.317 e. The number of urea groups is 1. The lowest BCUT2D eigenvalue weighted by Crippen LogP contribution is -2.48. The van der Waals surface area contributed by atoms with E-state index in [9.17, 15) is 9.59 Å². The number of morpholine rings is 1. The summed E-state index contributed by atoms with van der Waals surface area (Å²) in [6, 6.07) is -0.211. The maximum atomic E-state index is 11.4. The van der Waals surface area contributed by atoms with Gasteiger partial charge in [0.15, 0.2) is 0 Å². The molecule has 0 unspecified atom stereocenters. The Balaban J connectivity index is 2.23. The monoisotopic (exact) mass is 201 g/mol. The zero-order valence-electron chi connectivity index (χ0n) is 8.21. The van der Waals surface area contributed by atoms with Crippen LogP contribution in [-0.2, 0) is 9.53 Å². The highest BCUT2D eigenvalue weighted by Gasteiger charge is 2.16. The lowest BCUT2D eigenvalue weighted by atomic mass is 10.4. The van der Waals surface area contributed by atoms with Crippen LogP contribution in [-0.4, -0.2) is 56.7 Å². The number of amides is 3. The van der Waals surface area contributed by atoms with Crippen molar-refractivity contribution in [3.05, 3.63) is 0 Å². The van der Waals surface area contributed by atoms with Crippen molar-refractivity contribution >= 4 is 11.9 Å². The van der Waals surface area contributed by atoms with E-state index in [0.29, 0.717) is 26.3 Å². The van der Waals surface area contributed by atoms with Gasteiger partial charge in [0.05, 0.1) is 19.8 Å². The van der Waals surface area contributed by atoms with Gasteiger partial charge in [-0.25, -0.2) is 4.79 Å². The largest absolute Gasteiger partial charge is 0.378 e. The molecule has 80 valence electrons. The number of ether oxygens (including phenoxy) is 1. The third-order valence-corrected chi connectivity index (χ3v) is 1.98. The van der Waals surface area contributed by atoms with E-state index in [1.165, 1.54) is 7.05 Å². The van der Waals surface area contributed by atoms with Crippen molar-refractivity contribution in [1.29, 1.82) is 0 Å². The number of hydrogen-bond acceptors (Lipinski definition) is 3. The van der Waals surface area contributed by atoms with Crippen molar-refractivity contribution in [3.8, 4) is 0 Å². The molecule has 1 heterocycles. The molecule has 0 aromatic carbocycles. The number of likely N-dealkylation sites (N-methyl/N-ethyl adjacent to an activating group) is 1. The molecule has 3 amide bonds. The Kier molecular flexibility index (Phi) is 4.18. The quantitative estimate of drug-likeness (QED) is 0.588. The number of nitrogens with one attached hydrogen (secondary N) is 2. The van der Waals surface area contributed by atoms with E-state index in [4.69, 9.17) is 4.74 Å². The van der Waals surface area contributed by atoms with Crippen LogP contribution in [0.1, 0.15) is 0 Å².